The van der Waals surface area contributed by atoms with Gasteiger partial charge in [-0.2, -0.15) is 0 Å². The monoisotopic (exact) mass is 237 g/mol. The van der Waals surface area contributed by atoms with Gasteiger partial charge in [-0.15, -0.1) is 0 Å². The van der Waals surface area contributed by atoms with Crippen LogP contribution in [0.3, 0.4) is 0 Å². The highest BCUT2D eigenvalue weighted by Gasteiger charge is 2.27. The molecule has 0 N–H and O–H groups in total. The lowest BCUT2D eigenvalue weighted by molar-refractivity contribution is 0.0970. The number of ketones is 1. The van der Waals surface area contributed by atoms with Gasteiger partial charge in [0.1, 0.15) is 0 Å². The summed E-state index contributed by atoms with van der Waals surface area (Å²) in [6.07, 6.45) is 3.31. The second-order valence-corrected chi connectivity index (χ2v) is 4.92. The van der Waals surface area contributed by atoms with Gasteiger partial charge in [-0.3, -0.25) is 9.78 Å². The molecule has 1 atom stereocenters. The van der Waals surface area contributed by atoms with Crippen molar-refractivity contribution in [1.29, 1.82) is 0 Å². The molecule has 0 saturated carbocycles. The van der Waals surface area contributed by atoms with Crippen molar-refractivity contribution in [2.75, 3.05) is 0 Å². The lowest BCUT2D eigenvalue weighted by atomic mass is 9.74. The molecule has 0 aliphatic heterocycles. The van der Waals surface area contributed by atoms with E-state index in [-0.39, 0.29) is 5.78 Å². The van der Waals surface area contributed by atoms with Gasteiger partial charge in [0.25, 0.3) is 0 Å². The number of carbonyl (C=O) groups is 1. The molecule has 2 nitrogen and oxygen atoms in total. The van der Waals surface area contributed by atoms with Crippen LogP contribution in [0, 0.1) is 6.92 Å². The fraction of sp³-hybridized carbons (Fsp3) is 0.250. The number of hydrogen-bond acceptors (Lipinski definition) is 2. The molecule has 0 saturated heterocycles. The molecule has 0 radical (unpaired) electrons. The Morgan fingerprint density at radius 1 is 1.28 bits per heavy atom. The van der Waals surface area contributed by atoms with E-state index in [2.05, 4.69) is 23.2 Å². The molecule has 1 heterocycles. The van der Waals surface area contributed by atoms with E-state index in [4.69, 9.17) is 0 Å². The van der Waals surface area contributed by atoms with E-state index in [1.165, 1.54) is 11.1 Å². The standard InChI is InChI=1S/C16H15NO/c1-11-6-7-13(10-17-11)16(18)9-14-8-12-4-2-3-5-15(12)14/h2-7,10,14H,8-9H2,1H3. The smallest absolute Gasteiger partial charge is 0.165 e. The van der Waals surface area contributed by atoms with Gasteiger partial charge in [0, 0.05) is 23.9 Å². The number of aromatic nitrogens is 1. The van der Waals surface area contributed by atoms with E-state index in [9.17, 15) is 4.79 Å². The Bertz CT molecular complexity index is 586. The van der Waals surface area contributed by atoms with Gasteiger partial charge in [-0.25, -0.2) is 0 Å². The maximum absolute atomic E-state index is 12.1. The van der Waals surface area contributed by atoms with Crippen LogP contribution in [0.25, 0.3) is 0 Å². The van der Waals surface area contributed by atoms with Crippen molar-refractivity contribution in [3.05, 3.63) is 65.0 Å². The number of carbonyl (C=O) groups excluding carboxylic acids is 1. The molecule has 0 bridgehead atoms. The quantitative estimate of drug-likeness (QED) is 0.767. The number of hydrogen-bond donors (Lipinski definition) is 0. The second-order valence-electron chi connectivity index (χ2n) is 4.92. The van der Waals surface area contributed by atoms with E-state index >= 15 is 0 Å². The zero-order valence-corrected chi connectivity index (χ0v) is 10.4. The van der Waals surface area contributed by atoms with Crippen molar-refractivity contribution >= 4 is 5.78 Å². The van der Waals surface area contributed by atoms with Crippen LogP contribution in [0.2, 0.25) is 0 Å². The Balaban J connectivity index is 1.72. The van der Waals surface area contributed by atoms with Crippen LogP contribution < -0.4 is 0 Å². The van der Waals surface area contributed by atoms with Gasteiger partial charge in [0.05, 0.1) is 0 Å². The molecule has 1 aromatic carbocycles. The van der Waals surface area contributed by atoms with Gasteiger partial charge in [0.15, 0.2) is 5.78 Å². The predicted molar refractivity (Wildman–Crippen MR) is 70.8 cm³/mol. The molecule has 3 rings (SSSR count). The van der Waals surface area contributed by atoms with Crippen molar-refractivity contribution < 1.29 is 4.79 Å². The number of fused-ring (bicyclic) bond motifs is 1. The first kappa shape index (κ1) is 11.1. The third-order valence-corrected chi connectivity index (χ3v) is 3.63. The second kappa shape index (κ2) is 4.37. The highest BCUT2D eigenvalue weighted by Crippen LogP contribution is 2.37. The van der Waals surface area contributed by atoms with Crippen molar-refractivity contribution in [2.45, 2.75) is 25.7 Å². The average Bonchev–Trinajstić information content (AvgIpc) is 2.36. The molecule has 18 heavy (non-hydrogen) atoms. The van der Waals surface area contributed by atoms with E-state index in [1.54, 1.807) is 6.20 Å². The largest absolute Gasteiger partial charge is 0.294 e. The van der Waals surface area contributed by atoms with Gasteiger partial charge < -0.3 is 0 Å². The first-order chi connectivity index (χ1) is 8.74. The zero-order valence-electron chi connectivity index (χ0n) is 10.4. The number of rotatable bonds is 3. The number of nitrogens with zero attached hydrogens (tertiary/aromatic N) is 1. The van der Waals surface area contributed by atoms with Crippen LogP contribution in [0.1, 0.15) is 39.5 Å². The van der Waals surface area contributed by atoms with E-state index in [1.807, 2.05) is 25.1 Å². The Kier molecular flexibility index (Phi) is 2.71. The normalized spacial score (nSPS) is 16.8. The summed E-state index contributed by atoms with van der Waals surface area (Å²) >= 11 is 0. The minimum Gasteiger partial charge on any atom is -0.294 e. The van der Waals surface area contributed by atoms with Crippen molar-refractivity contribution in [3.8, 4) is 0 Å². The highest BCUT2D eigenvalue weighted by atomic mass is 16.1. The minimum absolute atomic E-state index is 0.196. The fourth-order valence-corrected chi connectivity index (χ4v) is 2.52. The molecule has 90 valence electrons. The SMILES string of the molecule is Cc1ccc(C(=O)CC2Cc3ccccc32)cn1. The van der Waals surface area contributed by atoms with Crippen LogP contribution in [0.4, 0.5) is 0 Å². The van der Waals surface area contributed by atoms with Gasteiger partial charge in [-0.1, -0.05) is 24.3 Å². The van der Waals surface area contributed by atoms with E-state index < -0.39 is 0 Å². The van der Waals surface area contributed by atoms with Crippen molar-refractivity contribution in [3.63, 3.8) is 0 Å². The van der Waals surface area contributed by atoms with Crippen molar-refractivity contribution in [2.24, 2.45) is 0 Å². The highest BCUT2D eigenvalue weighted by molar-refractivity contribution is 5.96. The van der Waals surface area contributed by atoms with Gasteiger partial charge in [0.2, 0.25) is 0 Å². The first-order valence-corrected chi connectivity index (χ1v) is 6.27. The van der Waals surface area contributed by atoms with E-state index in [0.717, 1.165) is 17.7 Å². The lowest BCUT2D eigenvalue weighted by Crippen LogP contribution is -2.20. The first-order valence-electron chi connectivity index (χ1n) is 6.27. The topological polar surface area (TPSA) is 30.0 Å². The van der Waals surface area contributed by atoms with Crippen molar-refractivity contribution in [1.82, 2.24) is 4.98 Å². The molecule has 0 fully saturated rings. The van der Waals surface area contributed by atoms with Gasteiger partial charge in [-0.05, 0) is 42.5 Å². The maximum Gasteiger partial charge on any atom is 0.165 e. The molecule has 0 spiro atoms. The molecule has 1 unspecified atom stereocenters. The Hall–Kier alpha value is -1.96. The molecule has 1 aliphatic carbocycles. The molecule has 2 heteroatoms. The molecule has 1 aliphatic rings. The van der Waals surface area contributed by atoms with Crippen LogP contribution in [0.15, 0.2) is 42.6 Å². The predicted octanol–water partition coefficient (Wildman–Crippen LogP) is 3.30. The molecule has 2 aromatic rings. The summed E-state index contributed by atoms with van der Waals surface area (Å²) < 4.78 is 0. The zero-order chi connectivity index (χ0) is 12.5. The summed E-state index contributed by atoms with van der Waals surface area (Å²) in [5, 5.41) is 0. The van der Waals surface area contributed by atoms with Crippen LogP contribution in [-0.2, 0) is 6.42 Å². The summed E-state index contributed by atoms with van der Waals surface area (Å²) in [6.45, 7) is 1.93. The van der Waals surface area contributed by atoms with E-state index in [0.29, 0.717) is 12.3 Å². The fourth-order valence-electron chi connectivity index (χ4n) is 2.52. The van der Waals surface area contributed by atoms with Crippen LogP contribution in [0.5, 0.6) is 0 Å². The molecule has 1 aromatic heterocycles. The minimum atomic E-state index is 0.196. The number of aryl methyl sites for hydroxylation is 1. The Morgan fingerprint density at radius 2 is 2.11 bits per heavy atom. The summed E-state index contributed by atoms with van der Waals surface area (Å²) in [4.78, 5) is 16.3. The summed E-state index contributed by atoms with van der Waals surface area (Å²) in [6, 6.07) is 12.1. The molecular formula is C16H15NO. The Labute approximate surface area is 107 Å². The number of Topliss-reactive ketones (excluding diaryl/α,β-unsaturated/α-hetero) is 1. The lowest BCUT2D eigenvalue weighted by Gasteiger charge is -2.29. The number of pyridine rings is 1. The third-order valence-electron chi connectivity index (χ3n) is 3.63. The van der Waals surface area contributed by atoms with Crippen LogP contribution in [-0.4, -0.2) is 10.8 Å². The van der Waals surface area contributed by atoms with Gasteiger partial charge >= 0.3 is 0 Å². The maximum atomic E-state index is 12.1. The summed E-state index contributed by atoms with van der Waals surface area (Å²) in [5.74, 6) is 0.594. The van der Waals surface area contributed by atoms with Crippen LogP contribution >= 0.6 is 0 Å². The number of benzene rings is 1. The Morgan fingerprint density at radius 3 is 2.83 bits per heavy atom. The summed E-state index contributed by atoms with van der Waals surface area (Å²) in [7, 11) is 0. The molecular weight excluding hydrogens is 222 g/mol. The molecule has 0 amide bonds. The average molecular weight is 237 g/mol. The summed E-state index contributed by atoms with van der Waals surface area (Å²) in [5.41, 5.74) is 4.40. The third kappa shape index (κ3) is 1.94.